The summed E-state index contributed by atoms with van der Waals surface area (Å²) in [7, 11) is 0. The van der Waals surface area contributed by atoms with Gasteiger partial charge in [0.1, 0.15) is 11.9 Å². The van der Waals surface area contributed by atoms with E-state index in [9.17, 15) is 10.1 Å². The number of pyridine rings is 1. The smallest absolute Gasteiger partial charge is 0.306 e. The highest BCUT2D eigenvalue weighted by molar-refractivity contribution is 5.86. The van der Waals surface area contributed by atoms with E-state index in [0.29, 0.717) is 30.7 Å². The summed E-state index contributed by atoms with van der Waals surface area (Å²) in [5.74, 6) is 0.884. The molecule has 0 atom stereocenters. The van der Waals surface area contributed by atoms with Crippen molar-refractivity contribution in [1.82, 2.24) is 9.38 Å². The lowest BCUT2D eigenvalue weighted by Crippen LogP contribution is -2.28. The number of hydrogen-bond donors (Lipinski definition) is 0. The van der Waals surface area contributed by atoms with Gasteiger partial charge in [-0.2, -0.15) is 5.26 Å². The first-order chi connectivity index (χ1) is 14.7. The van der Waals surface area contributed by atoms with E-state index < -0.39 is 0 Å². The minimum atomic E-state index is -0.201. The molecule has 6 heteroatoms. The predicted molar refractivity (Wildman–Crippen MR) is 118 cm³/mol. The SMILES string of the molecule is CCOC(=O)CCc1c(C)c(C#N)c2nc3ccccc3n2c1N1CCCCCC1. The van der Waals surface area contributed by atoms with E-state index in [-0.39, 0.29) is 5.97 Å². The fraction of sp³-hybridized carbons (Fsp3) is 0.458. The molecule has 0 radical (unpaired) electrons. The topological polar surface area (TPSA) is 70.6 Å². The van der Waals surface area contributed by atoms with Crippen LogP contribution >= 0.6 is 0 Å². The number of hydrogen-bond acceptors (Lipinski definition) is 5. The summed E-state index contributed by atoms with van der Waals surface area (Å²) in [6, 6.07) is 10.4. The summed E-state index contributed by atoms with van der Waals surface area (Å²) >= 11 is 0. The third kappa shape index (κ3) is 3.60. The first-order valence-electron chi connectivity index (χ1n) is 10.9. The van der Waals surface area contributed by atoms with E-state index in [1.54, 1.807) is 0 Å². The largest absolute Gasteiger partial charge is 0.466 e. The third-order valence-electron chi connectivity index (χ3n) is 6.00. The quantitative estimate of drug-likeness (QED) is 0.584. The van der Waals surface area contributed by atoms with Crippen LogP contribution in [0.3, 0.4) is 0 Å². The number of anilines is 1. The van der Waals surface area contributed by atoms with E-state index in [2.05, 4.69) is 21.4 Å². The molecule has 0 aliphatic carbocycles. The van der Waals surface area contributed by atoms with Crippen LogP contribution in [-0.2, 0) is 16.0 Å². The molecule has 156 valence electrons. The van der Waals surface area contributed by atoms with Gasteiger partial charge in [0.2, 0.25) is 0 Å². The maximum absolute atomic E-state index is 12.1. The number of nitriles is 1. The number of carbonyl (C=O) groups excluding carboxylic acids is 1. The average Bonchev–Trinajstić information content (AvgIpc) is 2.92. The van der Waals surface area contributed by atoms with Crippen LogP contribution in [0.5, 0.6) is 0 Å². The molecule has 0 saturated carbocycles. The zero-order valence-corrected chi connectivity index (χ0v) is 17.8. The Hall–Kier alpha value is -3.07. The summed E-state index contributed by atoms with van der Waals surface area (Å²) in [5.41, 5.74) is 5.15. The Balaban J connectivity index is 1.97. The van der Waals surface area contributed by atoms with Gasteiger partial charge in [-0.1, -0.05) is 25.0 Å². The summed E-state index contributed by atoms with van der Waals surface area (Å²) in [4.78, 5) is 19.4. The van der Waals surface area contributed by atoms with Gasteiger partial charge in [-0.15, -0.1) is 0 Å². The van der Waals surface area contributed by atoms with Crippen molar-refractivity contribution in [3.05, 3.63) is 41.0 Å². The van der Waals surface area contributed by atoms with Crippen LogP contribution in [0.2, 0.25) is 0 Å². The molecule has 1 aliphatic heterocycles. The fourth-order valence-electron chi connectivity index (χ4n) is 4.54. The second kappa shape index (κ2) is 8.74. The van der Waals surface area contributed by atoms with E-state index >= 15 is 0 Å². The van der Waals surface area contributed by atoms with Gasteiger partial charge in [-0.3, -0.25) is 9.20 Å². The van der Waals surface area contributed by atoms with Crippen molar-refractivity contribution in [3.8, 4) is 6.07 Å². The van der Waals surface area contributed by atoms with Crippen LogP contribution in [0.1, 0.15) is 55.7 Å². The van der Waals surface area contributed by atoms with Gasteiger partial charge >= 0.3 is 5.97 Å². The summed E-state index contributed by atoms with van der Waals surface area (Å²) in [6.45, 7) is 6.13. The van der Waals surface area contributed by atoms with Crippen LogP contribution < -0.4 is 4.90 Å². The molecule has 3 heterocycles. The fourth-order valence-corrected chi connectivity index (χ4v) is 4.54. The van der Waals surface area contributed by atoms with Gasteiger partial charge in [0.15, 0.2) is 5.65 Å². The molecule has 0 spiro atoms. The molecule has 4 rings (SSSR count). The second-order valence-electron chi connectivity index (χ2n) is 7.88. The second-order valence-corrected chi connectivity index (χ2v) is 7.88. The molecule has 1 aliphatic rings. The molecule has 30 heavy (non-hydrogen) atoms. The molecule has 0 bridgehead atoms. The molecule has 0 unspecified atom stereocenters. The number of fused-ring (bicyclic) bond motifs is 3. The third-order valence-corrected chi connectivity index (χ3v) is 6.00. The monoisotopic (exact) mass is 404 g/mol. The maximum Gasteiger partial charge on any atom is 0.306 e. The zero-order valence-electron chi connectivity index (χ0n) is 17.8. The predicted octanol–water partition coefficient (Wildman–Crippen LogP) is 4.54. The van der Waals surface area contributed by atoms with Crippen molar-refractivity contribution in [3.63, 3.8) is 0 Å². The molecule has 1 fully saturated rings. The van der Waals surface area contributed by atoms with Crippen molar-refractivity contribution in [2.24, 2.45) is 0 Å². The Bertz CT molecular complexity index is 1120. The summed E-state index contributed by atoms with van der Waals surface area (Å²) in [5, 5.41) is 9.97. The van der Waals surface area contributed by atoms with Gasteiger partial charge in [-0.25, -0.2) is 4.98 Å². The molecule has 3 aromatic rings. The standard InChI is InChI=1S/C24H28N4O2/c1-3-30-22(29)13-12-18-17(2)19(16-25)23-26-20-10-6-7-11-21(20)28(23)24(18)27-14-8-4-5-9-15-27/h6-7,10-11H,3-5,8-9,12-15H2,1-2H3. The Kier molecular flexibility index (Phi) is 5.89. The Labute approximate surface area is 177 Å². The van der Waals surface area contributed by atoms with E-state index in [1.807, 2.05) is 32.0 Å². The first-order valence-corrected chi connectivity index (χ1v) is 10.9. The highest BCUT2D eigenvalue weighted by Gasteiger charge is 2.25. The van der Waals surface area contributed by atoms with E-state index in [4.69, 9.17) is 9.72 Å². The normalized spacial score (nSPS) is 14.6. The van der Waals surface area contributed by atoms with Crippen LogP contribution in [0.15, 0.2) is 24.3 Å². The van der Waals surface area contributed by atoms with Crippen LogP contribution in [-0.4, -0.2) is 35.1 Å². The van der Waals surface area contributed by atoms with Gasteiger partial charge in [0.25, 0.3) is 0 Å². The number of nitrogens with zero attached hydrogens (tertiary/aromatic N) is 4. The van der Waals surface area contributed by atoms with Gasteiger partial charge in [-0.05, 0) is 56.4 Å². The van der Waals surface area contributed by atoms with Crippen LogP contribution in [0.4, 0.5) is 5.82 Å². The molecule has 0 amide bonds. The Morgan fingerprint density at radius 2 is 1.93 bits per heavy atom. The number of benzene rings is 1. The van der Waals surface area contributed by atoms with Crippen molar-refractivity contribution in [2.45, 2.75) is 52.4 Å². The highest BCUT2D eigenvalue weighted by atomic mass is 16.5. The average molecular weight is 405 g/mol. The lowest BCUT2D eigenvalue weighted by atomic mass is 9.99. The molecule has 1 saturated heterocycles. The van der Waals surface area contributed by atoms with Crippen molar-refractivity contribution < 1.29 is 9.53 Å². The maximum atomic E-state index is 12.1. The number of imidazole rings is 1. The van der Waals surface area contributed by atoms with Crippen LogP contribution in [0.25, 0.3) is 16.7 Å². The lowest BCUT2D eigenvalue weighted by molar-refractivity contribution is -0.143. The molecule has 0 N–H and O–H groups in total. The number of carbonyl (C=O) groups is 1. The zero-order chi connectivity index (χ0) is 21.1. The number of esters is 1. The van der Waals surface area contributed by atoms with Gasteiger partial charge in [0, 0.05) is 19.5 Å². The van der Waals surface area contributed by atoms with Crippen LogP contribution in [0, 0.1) is 18.3 Å². The molecule has 2 aromatic heterocycles. The van der Waals surface area contributed by atoms with E-state index in [0.717, 1.165) is 53.9 Å². The minimum Gasteiger partial charge on any atom is -0.466 e. The van der Waals surface area contributed by atoms with Crippen molar-refractivity contribution >= 4 is 28.5 Å². The molecular weight excluding hydrogens is 376 g/mol. The molecule has 1 aromatic carbocycles. The first kappa shape index (κ1) is 20.2. The molecule has 6 nitrogen and oxygen atoms in total. The van der Waals surface area contributed by atoms with E-state index in [1.165, 1.54) is 12.8 Å². The number of ether oxygens (including phenoxy) is 1. The molecular formula is C24H28N4O2. The number of para-hydroxylation sites is 2. The highest BCUT2D eigenvalue weighted by Crippen LogP contribution is 2.35. The Morgan fingerprint density at radius 1 is 1.20 bits per heavy atom. The summed E-state index contributed by atoms with van der Waals surface area (Å²) < 4.78 is 7.32. The van der Waals surface area contributed by atoms with Crippen molar-refractivity contribution in [1.29, 1.82) is 5.26 Å². The van der Waals surface area contributed by atoms with Crippen molar-refractivity contribution in [2.75, 3.05) is 24.6 Å². The van der Waals surface area contributed by atoms with Gasteiger partial charge in [0.05, 0.1) is 23.2 Å². The number of aromatic nitrogens is 2. The number of rotatable bonds is 5. The summed E-state index contributed by atoms with van der Waals surface area (Å²) in [6.07, 6.45) is 5.61. The van der Waals surface area contributed by atoms with Gasteiger partial charge < -0.3 is 9.64 Å². The Morgan fingerprint density at radius 3 is 2.63 bits per heavy atom. The lowest BCUT2D eigenvalue weighted by Gasteiger charge is -2.28. The minimum absolute atomic E-state index is 0.201.